The number of hydrogen-bond acceptors (Lipinski definition) is 5. The summed E-state index contributed by atoms with van der Waals surface area (Å²) in [4.78, 5) is 12.9. The first-order chi connectivity index (χ1) is 14.5. The highest BCUT2D eigenvalue weighted by Crippen LogP contribution is 2.30. The lowest BCUT2D eigenvalue weighted by atomic mass is 9.88. The van der Waals surface area contributed by atoms with Crippen LogP contribution in [0.25, 0.3) is 5.69 Å². The number of benzene rings is 2. The van der Waals surface area contributed by atoms with E-state index in [0.29, 0.717) is 11.1 Å². The fraction of sp³-hybridized carbons (Fsp3) is 0.391. The maximum atomic E-state index is 12.9. The molecular weight excluding hydrogens is 394 g/mol. The quantitative estimate of drug-likeness (QED) is 0.595. The van der Waals surface area contributed by atoms with Crippen molar-refractivity contribution in [3.05, 3.63) is 65.2 Å². The van der Waals surface area contributed by atoms with E-state index in [9.17, 15) is 4.79 Å². The molecule has 1 aliphatic rings. The molecule has 30 heavy (non-hydrogen) atoms. The van der Waals surface area contributed by atoms with Gasteiger partial charge in [0.05, 0.1) is 17.0 Å². The molecule has 3 aromatic rings. The Balaban J connectivity index is 1.44. The maximum Gasteiger partial charge on any atom is 0.233 e. The minimum absolute atomic E-state index is 0.00593. The van der Waals surface area contributed by atoms with E-state index in [0.717, 1.165) is 24.9 Å². The summed E-state index contributed by atoms with van der Waals surface area (Å²) in [5.74, 6) is 0.474. The van der Waals surface area contributed by atoms with E-state index in [2.05, 4.69) is 65.0 Å². The van der Waals surface area contributed by atoms with Gasteiger partial charge in [-0.05, 0) is 71.4 Å². The van der Waals surface area contributed by atoms with Gasteiger partial charge in [0.25, 0.3) is 0 Å². The molecule has 1 heterocycles. The van der Waals surface area contributed by atoms with Crippen molar-refractivity contribution in [3.63, 3.8) is 0 Å². The second-order valence-corrected chi connectivity index (χ2v) is 9.34. The van der Waals surface area contributed by atoms with E-state index in [1.54, 1.807) is 4.68 Å². The van der Waals surface area contributed by atoms with Crippen LogP contribution in [0.3, 0.4) is 0 Å². The standard InChI is InChI=1S/C23H27N5OS/c1-15(2)17-11-13-19(14-12-17)28-23(25-26-27-28)30-16(3)22(29)24-21-10-6-8-18-7-4-5-9-20(18)21/h4-5,7,9,11-16,21H,6,8,10H2,1-3H3,(H,24,29)/t16-,21+/m0/s1. The molecule has 156 valence electrons. The van der Waals surface area contributed by atoms with Crippen LogP contribution in [0, 0.1) is 0 Å². The van der Waals surface area contributed by atoms with Gasteiger partial charge in [-0.15, -0.1) is 5.10 Å². The summed E-state index contributed by atoms with van der Waals surface area (Å²) in [6.07, 6.45) is 3.14. The van der Waals surface area contributed by atoms with Crippen LogP contribution in [-0.2, 0) is 11.2 Å². The van der Waals surface area contributed by atoms with Crippen molar-refractivity contribution in [2.24, 2.45) is 0 Å². The predicted molar refractivity (Wildman–Crippen MR) is 119 cm³/mol. The zero-order valence-corrected chi connectivity index (χ0v) is 18.4. The van der Waals surface area contributed by atoms with Crippen molar-refractivity contribution in [3.8, 4) is 5.69 Å². The van der Waals surface area contributed by atoms with Gasteiger partial charge in [0.15, 0.2) is 0 Å². The molecule has 0 fully saturated rings. The number of thioether (sulfide) groups is 1. The van der Waals surface area contributed by atoms with Crippen LogP contribution in [0.15, 0.2) is 53.7 Å². The normalized spacial score (nSPS) is 16.9. The third kappa shape index (κ3) is 4.41. The Morgan fingerprint density at radius 3 is 2.67 bits per heavy atom. The molecule has 0 spiro atoms. The molecule has 1 aliphatic carbocycles. The van der Waals surface area contributed by atoms with E-state index in [-0.39, 0.29) is 17.2 Å². The molecule has 2 aromatic carbocycles. The highest BCUT2D eigenvalue weighted by atomic mass is 32.2. The summed E-state index contributed by atoms with van der Waals surface area (Å²) in [5.41, 5.74) is 4.73. The molecule has 0 aliphatic heterocycles. The average molecular weight is 422 g/mol. The molecule has 1 aromatic heterocycles. The second kappa shape index (κ2) is 9.00. The number of aryl methyl sites for hydroxylation is 1. The van der Waals surface area contributed by atoms with Gasteiger partial charge in [0.2, 0.25) is 11.1 Å². The maximum absolute atomic E-state index is 12.9. The lowest BCUT2D eigenvalue weighted by molar-refractivity contribution is -0.121. The second-order valence-electron chi connectivity index (χ2n) is 8.03. The van der Waals surface area contributed by atoms with Crippen LogP contribution in [0.4, 0.5) is 0 Å². The smallest absolute Gasteiger partial charge is 0.233 e. The van der Waals surface area contributed by atoms with Gasteiger partial charge in [0, 0.05) is 0 Å². The zero-order chi connectivity index (χ0) is 21.1. The van der Waals surface area contributed by atoms with E-state index in [1.165, 1.54) is 28.5 Å². The minimum Gasteiger partial charge on any atom is -0.348 e. The molecule has 0 saturated heterocycles. The summed E-state index contributed by atoms with van der Waals surface area (Å²) in [6.45, 7) is 6.23. The highest BCUT2D eigenvalue weighted by Gasteiger charge is 2.25. The molecule has 0 unspecified atom stereocenters. The number of hydrogen-bond donors (Lipinski definition) is 1. The van der Waals surface area contributed by atoms with Gasteiger partial charge >= 0.3 is 0 Å². The fourth-order valence-electron chi connectivity index (χ4n) is 3.82. The molecule has 2 atom stereocenters. The number of amides is 1. The monoisotopic (exact) mass is 421 g/mol. The van der Waals surface area contributed by atoms with Crippen molar-refractivity contribution < 1.29 is 4.79 Å². The van der Waals surface area contributed by atoms with Crippen molar-refractivity contribution >= 4 is 17.7 Å². The van der Waals surface area contributed by atoms with Gasteiger partial charge in [-0.2, -0.15) is 4.68 Å². The number of rotatable bonds is 6. The van der Waals surface area contributed by atoms with Crippen LogP contribution in [0.1, 0.15) is 62.3 Å². The van der Waals surface area contributed by atoms with E-state index < -0.39 is 0 Å². The Labute approximate surface area is 181 Å². The molecule has 4 rings (SSSR count). The molecule has 7 heteroatoms. The van der Waals surface area contributed by atoms with Crippen LogP contribution >= 0.6 is 11.8 Å². The molecule has 1 amide bonds. The lowest BCUT2D eigenvalue weighted by Gasteiger charge is -2.27. The molecular formula is C23H27N5OS. The Kier molecular flexibility index (Phi) is 6.18. The van der Waals surface area contributed by atoms with Crippen LogP contribution < -0.4 is 5.32 Å². The number of carbonyl (C=O) groups is 1. The molecule has 0 radical (unpaired) electrons. The number of nitrogens with zero attached hydrogens (tertiary/aromatic N) is 4. The number of fused-ring (bicyclic) bond motifs is 1. The fourth-order valence-corrected chi connectivity index (χ4v) is 4.64. The third-order valence-electron chi connectivity index (χ3n) is 5.58. The zero-order valence-electron chi connectivity index (χ0n) is 17.6. The van der Waals surface area contributed by atoms with E-state index >= 15 is 0 Å². The molecule has 6 nitrogen and oxygen atoms in total. The van der Waals surface area contributed by atoms with Crippen LogP contribution in [-0.4, -0.2) is 31.4 Å². The average Bonchev–Trinajstić information content (AvgIpc) is 3.22. The van der Waals surface area contributed by atoms with Gasteiger partial charge in [-0.1, -0.05) is 62.0 Å². The summed E-state index contributed by atoms with van der Waals surface area (Å²) >= 11 is 1.37. The number of tetrazole rings is 1. The summed E-state index contributed by atoms with van der Waals surface area (Å²) in [6, 6.07) is 16.7. The number of nitrogens with one attached hydrogen (secondary N) is 1. The van der Waals surface area contributed by atoms with Crippen LogP contribution in [0.5, 0.6) is 0 Å². The summed E-state index contributed by atoms with van der Waals surface area (Å²) in [5, 5.41) is 15.6. The lowest BCUT2D eigenvalue weighted by Crippen LogP contribution is -2.36. The molecule has 1 N–H and O–H groups in total. The van der Waals surface area contributed by atoms with Crippen LogP contribution in [0.2, 0.25) is 0 Å². The topological polar surface area (TPSA) is 72.7 Å². The molecule has 0 bridgehead atoms. The van der Waals surface area contributed by atoms with Gasteiger partial charge < -0.3 is 5.32 Å². The van der Waals surface area contributed by atoms with Crippen molar-refractivity contribution in [2.45, 2.75) is 62.4 Å². The first kappa shape index (κ1) is 20.6. The Bertz CT molecular complexity index is 1010. The summed E-state index contributed by atoms with van der Waals surface area (Å²) < 4.78 is 1.69. The highest BCUT2D eigenvalue weighted by molar-refractivity contribution is 8.00. The summed E-state index contributed by atoms with van der Waals surface area (Å²) in [7, 11) is 0. The van der Waals surface area contributed by atoms with Crippen molar-refractivity contribution in [1.29, 1.82) is 0 Å². The first-order valence-electron chi connectivity index (χ1n) is 10.5. The van der Waals surface area contributed by atoms with E-state index in [4.69, 9.17) is 0 Å². The Hall–Kier alpha value is -2.67. The number of carbonyl (C=O) groups excluding carboxylic acids is 1. The Morgan fingerprint density at radius 1 is 1.13 bits per heavy atom. The van der Waals surface area contributed by atoms with Gasteiger partial charge in [-0.25, -0.2) is 0 Å². The first-order valence-corrected chi connectivity index (χ1v) is 11.3. The van der Waals surface area contributed by atoms with Crippen molar-refractivity contribution in [1.82, 2.24) is 25.5 Å². The largest absolute Gasteiger partial charge is 0.348 e. The van der Waals surface area contributed by atoms with Gasteiger partial charge in [-0.3, -0.25) is 4.79 Å². The third-order valence-corrected chi connectivity index (χ3v) is 6.62. The molecule has 0 saturated carbocycles. The minimum atomic E-state index is -0.307. The number of aromatic nitrogens is 4. The SMILES string of the molecule is CC(C)c1ccc(-n2nnnc2S[C@@H](C)C(=O)N[C@@H]2CCCc3ccccc32)cc1. The van der Waals surface area contributed by atoms with E-state index in [1.807, 2.05) is 25.1 Å². The predicted octanol–water partition coefficient (Wildman–Crippen LogP) is 4.46. The Morgan fingerprint density at radius 2 is 1.90 bits per heavy atom. The van der Waals surface area contributed by atoms with Gasteiger partial charge in [0.1, 0.15) is 0 Å². The van der Waals surface area contributed by atoms with Crippen molar-refractivity contribution in [2.75, 3.05) is 0 Å².